The fourth-order valence-electron chi connectivity index (χ4n) is 5.09. The number of rotatable bonds is 6. The number of amides is 1. The van der Waals surface area contributed by atoms with Gasteiger partial charge in [0.2, 0.25) is 10.0 Å². The minimum absolute atomic E-state index is 0.0198. The lowest BCUT2D eigenvalue weighted by Gasteiger charge is -2.41. The van der Waals surface area contributed by atoms with Crippen molar-refractivity contribution in [1.82, 2.24) is 14.1 Å². The van der Waals surface area contributed by atoms with E-state index >= 15 is 0 Å². The third-order valence-corrected chi connectivity index (χ3v) is 9.41. The number of ether oxygens (including phenoxy) is 1. The van der Waals surface area contributed by atoms with E-state index in [2.05, 4.69) is 11.9 Å². The Bertz CT molecular complexity index is 1090. The molecule has 0 unspecified atom stereocenters. The molecule has 2 aliphatic rings. The number of carbonyl (C=O) groups is 1. The third-order valence-electron chi connectivity index (χ3n) is 7.18. The van der Waals surface area contributed by atoms with Crippen LogP contribution in [0.2, 0.25) is 5.02 Å². The van der Waals surface area contributed by atoms with Gasteiger partial charge < -0.3 is 14.5 Å². The molecule has 9 heteroatoms. The second-order valence-electron chi connectivity index (χ2n) is 9.52. The van der Waals surface area contributed by atoms with Crippen LogP contribution in [0.25, 0.3) is 0 Å². The van der Waals surface area contributed by atoms with Crippen molar-refractivity contribution < 1.29 is 17.9 Å². The number of halogens is 1. The van der Waals surface area contributed by atoms with Gasteiger partial charge in [0.1, 0.15) is 6.61 Å². The Morgan fingerprint density at radius 2 is 1.69 bits per heavy atom. The van der Waals surface area contributed by atoms with Crippen LogP contribution in [0.3, 0.4) is 0 Å². The first kappa shape index (κ1) is 25.9. The van der Waals surface area contributed by atoms with Gasteiger partial charge in [-0.2, -0.15) is 4.31 Å². The number of hydrogen-bond acceptors (Lipinski definition) is 5. The van der Waals surface area contributed by atoms with Crippen molar-refractivity contribution >= 4 is 27.7 Å². The highest BCUT2D eigenvalue weighted by molar-refractivity contribution is 7.89. The number of likely N-dealkylation sites (tertiary alicyclic amines) is 1. The second-order valence-corrected chi connectivity index (χ2v) is 11.8. The van der Waals surface area contributed by atoms with Gasteiger partial charge in [0.05, 0.1) is 17.0 Å². The smallest absolute Gasteiger partial charge is 0.409 e. The number of sulfonamides is 1. The van der Waals surface area contributed by atoms with Crippen molar-refractivity contribution in [3.63, 3.8) is 0 Å². The molecular formula is C26H34ClN3O4S. The van der Waals surface area contributed by atoms with E-state index in [-0.39, 0.29) is 23.6 Å². The molecule has 2 heterocycles. The minimum Gasteiger partial charge on any atom is -0.448 e. The number of benzene rings is 2. The van der Waals surface area contributed by atoms with Crippen LogP contribution in [0.1, 0.15) is 43.7 Å². The van der Waals surface area contributed by atoms with E-state index in [0.29, 0.717) is 17.9 Å². The molecule has 4 rings (SSSR count). The highest BCUT2D eigenvalue weighted by Gasteiger charge is 2.41. The second kappa shape index (κ2) is 11.3. The molecule has 1 amide bonds. The Morgan fingerprint density at radius 3 is 2.34 bits per heavy atom. The highest BCUT2D eigenvalue weighted by Crippen LogP contribution is 2.39. The van der Waals surface area contributed by atoms with Crippen molar-refractivity contribution in [2.24, 2.45) is 0 Å². The predicted octanol–water partition coefficient (Wildman–Crippen LogP) is 4.79. The summed E-state index contributed by atoms with van der Waals surface area (Å²) in [6, 6.07) is 15.3. The van der Waals surface area contributed by atoms with Crippen molar-refractivity contribution in [1.29, 1.82) is 0 Å². The summed E-state index contributed by atoms with van der Waals surface area (Å²) in [5, 5.41) is 0.477. The summed E-state index contributed by atoms with van der Waals surface area (Å²) in [6.45, 7) is 1.90. The summed E-state index contributed by atoms with van der Waals surface area (Å²) < 4.78 is 35.0. The average Bonchev–Trinajstić information content (AvgIpc) is 2.87. The van der Waals surface area contributed by atoms with E-state index in [1.54, 1.807) is 28.4 Å². The summed E-state index contributed by atoms with van der Waals surface area (Å²) in [5.74, 6) is 0. The Kier molecular flexibility index (Phi) is 8.37. The van der Waals surface area contributed by atoms with Gasteiger partial charge in [-0.15, -0.1) is 0 Å². The molecule has 0 spiro atoms. The molecule has 2 fully saturated rings. The molecular weight excluding hydrogens is 486 g/mol. The van der Waals surface area contributed by atoms with Crippen LogP contribution >= 0.6 is 11.6 Å². The summed E-state index contributed by atoms with van der Waals surface area (Å²) >= 11 is 6.01. The first-order valence-corrected chi connectivity index (χ1v) is 14.0. The molecule has 35 heavy (non-hydrogen) atoms. The number of nitrogens with zero attached hydrogens (tertiary/aromatic N) is 3. The molecule has 0 aromatic heterocycles. The lowest BCUT2D eigenvalue weighted by Crippen LogP contribution is -2.49. The number of piperidine rings is 2. The fraction of sp³-hybridized carbons (Fsp3) is 0.500. The zero-order valence-corrected chi connectivity index (χ0v) is 21.9. The van der Waals surface area contributed by atoms with E-state index in [1.807, 2.05) is 30.3 Å². The summed E-state index contributed by atoms with van der Waals surface area (Å²) in [5.41, 5.74) is 0.935. The van der Waals surface area contributed by atoms with Gasteiger partial charge >= 0.3 is 6.09 Å². The van der Waals surface area contributed by atoms with E-state index < -0.39 is 22.2 Å². The SMILES string of the molecule is CN1CCC(N(C)C(=O)OC[C@H]2CCC[C@@H](c3ccccc3)N2S(=O)(=O)c2ccc(Cl)cc2)CC1. The van der Waals surface area contributed by atoms with Crippen LogP contribution in [-0.2, 0) is 14.8 Å². The largest absolute Gasteiger partial charge is 0.448 e. The topological polar surface area (TPSA) is 70.2 Å². The van der Waals surface area contributed by atoms with Gasteiger partial charge in [-0.3, -0.25) is 0 Å². The number of carbonyl (C=O) groups excluding carboxylic acids is 1. The molecule has 0 bridgehead atoms. The maximum atomic E-state index is 13.9. The van der Waals surface area contributed by atoms with Gasteiger partial charge in [-0.25, -0.2) is 13.2 Å². The summed E-state index contributed by atoms with van der Waals surface area (Å²) in [4.78, 5) is 17.0. The van der Waals surface area contributed by atoms with Crippen LogP contribution in [0.15, 0.2) is 59.5 Å². The molecule has 2 saturated heterocycles. The van der Waals surface area contributed by atoms with Gasteiger partial charge in [-0.1, -0.05) is 41.9 Å². The van der Waals surface area contributed by atoms with E-state index in [0.717, 1.165) is 37.9 Å². The maximum absolute atomic E-state index is 13.9. The van der Waals surface area contributed by atoms with Gasteiger partial charge in [0.25, 0.3) is 0 Å². The molecule has 2 aliphatic heterocycles. The van der Waals surface area contributed by atoms with Crippen molar-refractivity contribution in [2.45, 2.75) is 55.1 Å². The summed E-state index contributed by atoms with van der Waals surface area (Å²) in [6.07, 6.45) is 3.58. The lowest BCUT2D eigenvalue weighted by atomic mass is 9.93. The minimum atomic E-state index is -3.86. The Balaban J connectivity index is 1.55. The predicted molar refractivity (Wildman–Crippen MR) is 137 cm³/mol. The van der Waals surface area contributed by atoms with E-state index in [9.17, 15) is 13.2 Å². The quantitative estimate of drug-likeness (QED) is 0.549. The van der Waals surface area contributed by atoms with E-state index in [4.69, 9.17) is 16.3 Å². The maximum Gasteiger partial charge on any atom is 0.409 e. The van der Waals surface area contributed by atoms with Crippen molar-refractivity contribution in [3.8, 4) is 0 Å². The van der Waals surface area contributed by atoms with Crippen LogP contribution in [0, 0.1) is 0 Å². The summed E-state index contributed by atoms with van der Waals surface area (Å²) in [7, 11) is -0.00392. The van der Waals surface area contributed by atoms with Crippen LogP contribution in [0.4, 0.5) is 4.79 Å². The van der Waals surface area contributed by atoms with Crippen molar-refractivity contribution in [2.75, 3.05) is 33.8 Å². The Hall–Kier alpha value is -2.13. The monoisotopic (exact) mass is 519 g/mol. The van der Waals surface area contributed by atoms with Gasteiger partial charge in [0.15, 0.2) is 0 Å². The molecule has 0 radical (unpaired) electrons. The molecule has 2 atom stereocenters. The highest BCUT2D eigenvalue weighted by atomic mass is 35.5. The molecule has 0 saturated carbocycles. The lowest BCUT2D eigenvalue weighted by molar-refractivity contribution is 0.0511. The van der Waals surface area contributed by atoms with Gasteiger partial charge in [-0.05, 0) is 82.1 Å². The van der Waals surface area contributed by atoms with Crippen LogP contribution in [0.5, 0.6) is 0 Å². The fourth-order valence-corrected chi connectivity index (χ4v) is 7.06. The molecule has 0 N–H and O–H groups in total. The zero-order valence-electron chi connectivity index (χ0n) is 20.3. The Morgan fingerprint density at radius 1 is 1.03 bits per heavy atom. The average molecular weight is 520 g/mol. The molecule has 0 aliphatic carbocycles. The normalized spacial score (nSPS) is 22.6. The van der Waals surface area contributed by atoms with Crippen LogP contribution in [-0.4, -0.2) is 74.5 Å². The standard InChI is InChI=1S/C26H34ClN3O4S/c1-28-17-15-22(16-18-28)29(2)26(31)34-19-23-9-6-10-25(20-7-4-3-5-8-20)30(23)35(32,33)24-13-11-21(27)12-14-24/h3-5,7-8,11-14,22-23,25H,6,9-10,15-19H2,1-2H3/t23-,25+/m1/s1. The first-order valence-electron chi connectivity index (χ1n) is 12.2. The third kappa shape index (κ3) is 6.00. The first-order chi connectivity index (χ1) is 16.8. The van der Waals surface area contributed by atoms with Crippen molar-refractivity contribution in [3.05, 3.63) is 65.2 Å². The molecule has 2 aromatic carbocycles. The number of hydrogen-bond donors (Lipinski definition) is 0. The molecule has 7 nitrogen and oxygen atoms in total. The molecule has 2 aromatic rings. The molecule has 190 valence electrons. The zero-order chi connectivity index (χ0) is 25.0. The van der Waals surface area contributed by atoms with Gasteiger partial charge in [0, 0.05) is 18.1 Å². The van der Waals surface area contributed by atoms with Crippen LogP contribution < -0.4 is 0 Å². The van der Waals surface area contributed by atoms with E-state index in [1.165, 1.54) is 12.1 Å². The Labute approximate surface area is 213 Å².